The summed E-state index contributed by atoms with van der Waals surface area (Å²) in [7, 11) is -3.86. The lowest BCUT2D eigenvalue weighted by Gasteiger charge is -2.07. The molecule has 0 atom stereocenters. The minimum atomic E-state index is -3.86. The summed E-state index contributed by atoms with van der Waals surface area (Å²) >= 11 is 5.93. The molecule has 2 aromatic carbocycles. The van der Waals surface area contributed by atoms with Gasteiger partial charge in [0.1, 0.15) is 5.58 Å². The second-order valence-electron chi connectivity index (χ2n) is 5.07. The van der Waals surface area contributed by atoms with E-state index in [1.165, 1.54) is 12.1 Å². The van der Waals surface area contributed by atoms with Crippen molar-refractivity contribution in [1.82, 2.24) is 10.3 Å². The maximum absolute atomic E-state index is 12.2. The van der Waals surface area contributed by atoms with Crippen LogP contribution in [0.1, 0.15) is 16.1 Å². The van der Waals surface area contributed by atoms with Crippen molar-refractivity contribution < 1.29 is 17.6 Å². The van der Waals surface area contributed by atoms with Crippen LogP contribution in [0.25, 0.3) is 11.0 Å². The van der Waals surface area contributed by atoms with Crippen LogP contribution in [0, 0.1) is 6.92 Å². The largest absolute Gasteiger partial charge is 0.451 e. The number of carbonyl (C=O) groups excluding carboxylic acids is 1. The van der Waals surface area contributed by atoms with Crippen LogP contribution in [0.5, 0.6) is 0 Å². The molecular weight excluding hydrogens is 352 g/mol. The molecule has 3 aromatic rings. The number of amides is 1. The SMILES string of the molecule is Cc1c(C(=O)NNS(=O)(=O)c2ccccc2)oc2ccc(Cl)cc12. The number of fused-ring (bicyclic) bond motifs is 1. The van der Waals surface area contributed by atoms with Gasteiger partial charge < -0.3 is 4.42 Å². The predicted octanol–water partition coefficient (Wildman–Crippen LogP) is 3.02. The molecule has 1 heterocycles. The number of nitrogens with one attached hydrogen (secondary N) is 2. The third-order valence-electron chi connectivity index (χ3n) is 3.46. The van der Waals surface area contributed by atoms with E-state index < -0.39 is 15.9 Å². The first-order valence-corrected chi connectivity index (χ1v) is 8.80. The highest BCUT2D eigenvalue weighted by atomic mass is 35.5. The van der Waals surface area contributed by atoms with E-state index in [1.807, 2.05) is 4.83 Å². The number of halogens is 1. The minimum Gasteiger partial charge on any atom is -0.451 e. The van der Waals surface area contributed by atoms with Gasteiger partial charge in [0.05, 0.1) is 4.90 Å². The summed E-state index contributed by atoms with van der Waals surface area (Å²) in [5.41, 5.74) is 3.22. The van der Waals surface area contributed by atoms with E-state index in [9.17, 15) is 13.2 Å². The van der Waals surface area contributed by atoms with Gasteiger partial charge in [-0.1, -0.05) is 29.8 Å². The summed E-state index contributed by atoms with van der Waals surface area (Å²) in [6.07, 6.45) is 0. The predicted molar refractivity (Wildman–Crippen MR) is 90.2 cm³/mol. The first-order chi connectivity index (χ1) is 11.4. The molecule has 1 aromatic heterocycles. The van der Waals surface area contributed by atoms with E-state index in [1.54, 1.807) is 43.3 Å². The van der Waals surface area contributed by atoms with Gasteiger partial charge >= 0.3 is 5.91 Å². The van der Waals surface area contributed by atoms with Crippen molar-refractivity contribution in [3.63, 3.8) is 0 Å². The number of benzene rings is 2. The number of carbonyl (C=O) groups is 1. The highest BCUT2D eigenvalue weighted by Gasteiger charge is 2.20. The van der Waals surface area contributed by atoms with E-state index in [-0.39, 0.29) is 10.7 Å². The molecule has 0 aliphatic heterocycles. The molecule has 0 radical (unpaired) electrons. The standard InChI is InChI=1S/C16H13ClN2O4S/c1-10-13-9-11(17)7-8-14(13)23-15(10)16(20)18-19-24(21,22)12-5-3-2-4-6-12/h2-9,19H,1H3,(H,18,20). The van der Waals surface area contributed by atoms with Crippen LogP contribution < -0.4 is 10.3 Å². The summed E-state index contributed by atoms with van der Waals surface area (Å²) in [6, 6.07) is 12.7. The molecule has 6 nitrogen and oxygen atoms in total. The Bertz CT molecular complexity index is 1010. The van der Waals surface area contributed by atoms with Gasteiger partial charge in [0.15, 0.2) is 5.76 Å². The molecule has 2 N–H and O–H groups in total. The number of hydrazine groups is 1. The van der Waals surface area contributed by atoms with Gasteiger partial charge in [-0.3, -0.25) is 10.2 Å². The zero-order valence-corrected chi connectivity index (χ0v) is 14.1. The van der Waals surface area contributed by atoms with E-state index >= 15 is 0 Å². The monoisotopic (exact) mass is 364 g/mol. The zero-order chi connectivity index (χ0) is 17.3. The van der Waals surface area contributed by atoms with Crippen LogP contribution in [-0.4, -0.2) is 14.3 Å². The first-order valence-electron chi connectivity index (χ1n) is 6.94. The van der Waals surface area contributed by atoms with E-state index in [0.717, 1.165) is 0 Å². The van der Waals surface area contributed by atoms with Crippen molar-refractivity contribution in [2.45, 2.75) is 11.8 Å². The summed E-state index contributed by atoms with van der Waals surface area (Å²) in [4.78, 5) is 14.3. The topological polar surface area (TPSA) is 88.4 Å². The normalized spacial score (nSPS) is 11.6. The van der Waals surface area contributed by atoms with Crippen LogP contribution in [0.2, 0.25) is 5.02 Å². The minimum absolute atomic E-state index is 0.0167. The number of rotatable bonds is 4. The first kappa shape index (κ1) is 16.5. The lowest BCUT2D eigenvalue weighted by molar-refractivity contribution is 0.0918. The molecule has 124 valence electrons. The number of furan rings is 1. The van der Waals surface area contributed by atoms with Crippen LogP contribution >= 0.6 is 11.6 Å². The maximum Gasteiger partial charge on any atom is 0.302 e. The molecule has 0 unspecified atom stereocenters. The van der Waals surface area contributed by atoms with Crippen molar-refractivity contribution in [2.75, 3.05) is 0 Å². The van der Waals surface area contributed by atoms with Gasteiger partial charge in [0.2, 0.25) is 0 Å². The van der Waals surface area contributed by atoms with Crippen molar-refractivity contribution in [2.24, 2.45) is 0 Å². The Morgan fingerprint density at radius 3 is 2.54 bits per heavy atom. The van der Waals surface area contributed by atoms with Crippen LogP contribution in [0.3, 0.4) is 0 Å². The van der Waals surface area contributed by atoms with Crippen molar-refractivity contribution in [3.05, 3.63) is 64.9 Å². The Labute approximate surface area is 143 Å². The molecule has 0 saturated carbocycles. The van der Waals surface area contributed by atoms with Gasteiger partial charge in [0, 0.05) is 16.0 Å². The van der Waals surface area contributed by atoms with Gasteiger partial charge in [-0.05, 0) is 37.3 Å². The lowest BCUT2D eigenvalue weighted by atomic mass is 10.1. The Kier molecular flexibility index (Phi) is 4.31. The molecule has 0 spiro atoms. The lowest BCUT2D eigenvalue weighted by Crippen LogP contribution is -2.41. The smallest absolute Gasteiger partial charge is 0.302 e. The molecule has 0 aliphatic rings. The molecule has 0 saturated heterocycles. The van der Waals surface area contributed by atoms with Crippen LogP contribution in [0.4, 0.5) is 0 Å². The number of aryl methyl sites for hydroxylation is 1. The van der Waals surface area contributed by atoms with E-state index in [4.69, 9.17) is 16.0 Å². The number of hydrogen-bond acceptors (Lipinski definition) is 4. The fourth-order valence-electron chi connectivity index (χ4n) is 2.24. The highest BCUT2D eigenvalue weighted by molar-refractivity contribution is 7.89. The molecule has 0 bridgehead atoms. The van der Waals surface area contributed by atoms with E-state index in [0.29, 0.717) is 21.6 Å². The van der Waals surface area contributed by atoms with E-state index in [2.05, 4.69) is 5.43 Å². The second kappa shape index (κ2) is 6.27. The summed E-state index contributed by atoms with van der Waals surface area (Å²) in [6.45, 7) is 1.70. The molecule has 1 amide bonds. The summed E-state index contributed by atoms with van der Waals surface area (Å²) in [5, 5.41) is 1.21. The average molecular weight is 365 g/mol. The number of hydrogen-bond donors (Lipinski definition) is 2. The quantitative estimate of drug-likeness (QED) is 0.696. The third-order valence-corrected chi connectivity index (χ3v) is 4.96. The highest BCUT2D eigenvalue weighted by Crippen LogP contribution is 2.27. The van der Waals surface area contributed by atoms with Crippen molar-refractivity contribution >= 4 is 38.5 Å². The Morgan fingerprint density at radius 1 is 1.12 bits per heavy atom. The van der Waals surface area contributed by atoms with Crippen molar-refractivity contribution in [3.8, 4) is 0 Å². The number of sulfonamides is 1. The van der Waals surface area contributed by atoms with Crippen molar-refractivity contribution in [1.29, 1.82) is 0 Å². The third kappa shape index (κ3) is 3.14. The average Bonchev–Trinajstić information content (AvgIpc) is 2.90. The van der Waals surface area contributed by atoms with Crippen LogP contribution in [0.15, 0.2) is 57.8 Å². The Morgan fingerprint density at radius 2 is 1.83 bits per heavy atom. The Balaban J connectivity index is 1.82. The van der Waals surface area contributed by atoms with Crippen LogP contribution in [-0.2, 0) is 10.0 Å². The molecule has 0 fully saturated rings. The molecule has 8 heteroatoms. The fourth-order valence-corrected chi connectivity index (χ4v) is 3.27. The van der Waals surface area contributed by atoms with Gasteiger partial charge in [-0.2, -0.15) is 0 Å². The Hall–Kier alpha value is -2.35. The molecule has 3 rings (SSSR count). The molecular formula is C16H13ClN2O4S. The fraction of sp³-hybridized carbons (Fsp3) is 0.0625. The van der Waals surface area contributed by atoms with Gasteiger partial charge in [0.25, 0.3) is 10.0 Å². The van der Waals surface area contributed by atoms with Gasteiger partial charge in [-0.25, -0.2) is 8.42 Å². The zero-order valence-electron chi connectivity index (χ0n) is 12.5. The second-order valence-corrected chi connectivity index (χ2v) is 7.19. The van der Waals surface area contributed by atoms with Gasteiger partial charge in [-0.15, -0.1) is 4.83 Å². The molecule has 0 aliphatic carbocycles. The maximum atomic E-state index is 12.2. The molecule has 24 heavy (non-hydrogen) atoms. The summed E-state index contributed by atoms with van der Waals surface area (Å²) in [5.74, 6) is -0.678. The summed E-state index contributed by atoms with van der Waals surface area (Å²) < 4.78 is 29.7.